The van der Waals surface area contributed by atoms with Crippen LogP contribution >= 0.6 is 0 Å². The zero-order valence-electron chi connectivity index (χ0n) is 15.1. The van der Waals surface area contributed by atoms with Crippen LogP contribution in [-0.2, 0) is 16.1 Å². The minimum Gasteiger partial charge on any atom is -0.376 e. The molecular formula is C19H24N4O3. The van der Waals surface area contributed by atoms with E-state index in [0.29, 0.717) is 12.1 Å². The third-order valence-corrected chi connectivity index (χ3v) is 4.64. The molecule has 1 saturated heterocycles. The largest absolute Gasteiger partial charge is 0.376 e. The maximum absolute atomic E-state index is 12.3. The molecule has 26 heavy (non-hydrogen) atoms. The molecule has 2 amide bonds. The van der Waals surface area contributed by atoms with E-state index in [2.05, 4.69) is 10.4 Å². The lowest BCUT2D eigenvalue weighted by Crippen LogP contribution is -2.31. The molecule has 1 aliphatic heterocycles. The third kappa shape index (κ3) is 3.94. The summed E-state index contributed by atoms with van der Waals surface area (Å²) in [6.45, 7) is 5.16. The van der Waals surface area contributed by atoms with Crippen LogP contribution in [0.4, 0.5) is 0 Å². The first kappa shape index (κ1) is 18.1. The zero-order chi connectivity index (χ0) is 18.7. The molecular weight excluding hydrogens is 332 g/mol. The van der Waals surface area contributed by atoms with Gasteiger partial charge in [-0.2, -0.15) is 5.10 Å². The van der Waals surface area contributed by atoms with E-state index in [0.717, 1.165) is 42.0 Å². The van der Waals surface area contributed by atoms with E-state index in [9.17, 15) is 9.59 Å². The van der Waals surface area contributed by atoms with Crippen LogP contribution < -0.4 is 11.1 Å². The number of primary amides is 1. The molecule has 0 bridgehead atoms. The van der Waals surface area contributed by atoms with Crippen molar-refractivity contribution in [3.05, 3.63) is 41.2 Å². The van der Waals surface area contributed by atoms with Crippen LogP contribution in [0.25, 0.3) is 11.1 Å². The summed E-state index contributed by atoms with van der Waals surface area (Å²) < 4.78 is 7.12. The summed E-state index contributed by atoms with van der Waals surface area (Å²) in [5.74, 6) is -0.537. The van der Waals surface area contributed by atoms with Gasteiger partial charge in [0.1, 0.15) is 6.54 Å². The fourth-order valence-corrected chi connectivity index (χ4v) is 3.32. The smallest absolute Gasteiger partial charge is 0.251 e. The van der Waals surface area contributed by atoms with E-state index in [1.54, 1.807) is 16.8 Å². The number of carbonyl (C=O) groups excluding carboxylic acids is 2. The summed E-state index contributed by atoms with van der Waals surface area (Å²) in [5, 5.41) is 7.30. The number of aryl methyl sites for hydroxylation is 1. The number of amides is 2. The lowest BCUT2D eigenvalue weighted by atomic mass is 10.0. The Bertz CT molecular complexity index is 805. The highest BCUT2D eigenvalue weighted by atomic mass is 16.5. The zero-order valence-corrected chi connectivity index (χ0v) is 15.1. The monoisotopic (exact) mass is 356 g/mol. The Morgan fingerprint density at radius 3 is 2.65 bits per heavy atom. The normalized spacial score (nSPS) is 16.6. The van der Waals surface area contributed by atoms with Gasteiger partial charge in [-0.05, 0) is 44.4 Å². The Hall–Kier alpha value is -2.67. The van der Waals surface area contributed by atoms with E-state index in [1.165, 1.54) is 0 Å². The van der Waals surface area contributed by atoms with Crippen molar-refractivity contribution in [2.24, 2.45) is 5.73 Å². The van der Waals surface area contributed by atoms with Crippen molar-refractivity contribution in [1.29, 1.82) is 0 Å². The quantitative estimate of drug-likeness (QED) is 0.820. The summed E-state index contributed by atoms with van der Waals surface area (Å²) in [6.07, 6.45) is 2.17. The lowest BCUT2D eigenvalue weighted by Gasteiger charge is -2.11. The van der Waals surface area contributed by atoms with E-state index >= 15 is 0 Å². The number of ether oxygens (including phenoxy) is 1. The van der Waals surface area contributed by atoms with E-state index in [1.807, 2.05) is 26.0 Å². The average molecular weight is 356 g/mol. The van der Waals surface area contributed by atoms with Gasteiger partial charge in [0.2, 0.25) is 5.91 Å². The Labute approximate surface area is 152 Å². The predicted molar refractivity (Wildman–Crippen MR) is 97.6 cm³/mol. The molecule has 2 aromatic rings. The number of carbonyl (C=O) groups is 2. The van der Waals surface area contributed by atoms with Crippen molar-refractivity contribution in [2.45, 2.75) is 39.3 Å². The van der Waals surface area contributed by atoms with Gasteiger partial charge < -0.3 is 15.8 Å². The van der Waals surface area contributed by atoms with Gasteiger partial charge in [-0.15, -0.1) is 0 Å². The Balaban J connectivity index is 1.72. The van der Waals surface area contributed by atoms with E-state index in [4.69, 9.17) is 10.5 Å². The van der Waals surface area contributed by atoms with Gasteiger partial charge in [0, 0.05) is 30.0 Å². The molecule has 0 radical (unpaired) electrons. The second-order valence-electron chi connectivity index (χ2n) is 6.59. The number of hydrogen-bond acceptors (Lipinski definition) is 4. The van der Waals surface area contributed by atoms with Crippen LogP contribution in [0.1, 0.15) is 34.6 Å². The summed E-state index contributed by atoms with van der Waals surface area (Å²) >= 11 is 0. The van der Waals surface area contributed by atoms with Crippen LogP contribution in [0.5, 0.6) is 0 Å². The van der Waals surface area contributed by atoms with Gasteiger partial charge in [-0.25, -0.2) is 0 Å². The highest BCUT2D eigenvalue weighted by molar-refractivity contribution is 5.94. The average Bonchev–Trinajstić information content (AvgIpc) is 3.21. The molecule has 2 heterocycles. The van der Waals surface area contributed by atoms with Gasteiger partial charge in [-0.3, -0.25) is 14.3 Å². The van der Waals surface area contributed by atoms with Crippen molar-refractivity contribution >= 4 is 11.8 Å². The first-order valence-corrected chi connectivity index (χ1v) is 8.78. The Kier molecular flexibility index (Phi) is 5.37. The van der Waals surface area contributed by atoms with E-state index in [-0.39, 0.29) is 18.6 Å². The van der Waals surface area contributed by atoms with Crippen LogP contribution in [-0.4, -0.2) is 40.9 Å². The second-order valence-corrected chi connectivity index (χ2v) is 6.59. The van der Waals surface area contributed by atoms with Crippen LogP contribution in [0.3, 0.4) is 0 Å². The highest BCUT2D eigenvalue weighted by Crippen LogP contribution is 2.27. The summed E-state index contributed by atoms with van der Waals surface area (Å²) in [7, 11) is 0. The van der Waals surface area contributed by atoms with Crippen molar-refractivity contribution in [2.75, 3.05) is 13.2 Å². The summed E-state index contributed by atoms with van der Waals surface area (Å²) in [5.41, 5.74) is 9.47. The number of hydrogen-bond donors (Lipinski definition) is 2. The molecule has 1 unspecified atom stereocenters. The number of aromatic nitrogens is 2. The first-order chi connectivity index (χ1) is 12.5. The molecule has 1 fully saturated rings. The third-order valence-electron chi connectivity index (χ3n) is 4.64. The number of rotatable bonds is 6. The molecule has 3 rings (SSSR count). The maximum atomic E-state index is 12.3. The SMILES string of the molecule is Cc1nn(CC(N)=O)c(C)c1-c1ccc(C(=O)NCC2CCCO2)cc1. The molecule has 138 valence electrons. The molecule has 1 aromatic heterocycles. The van der Waals surface area contributed by atoms with Gasteiger partial charge in [0.05, 0.1) is 11.8 Å². The molecule has 0 aliphatic carbocycles. The van der Waals surface area contributed by atoms with Crippen LogP contribution in [0, 0.1) is 13.8 Å². The van der Waals surface area contributed by atoms with Crippen LogP contribution in [0.2, 0.25) is 0 Å². The maximum Gasteiger partial charge on any atom is 0.251 e. The molecule has 0 spiro atoms. The van der Waals surface area contributed by atoms with Crippen molar-refractivity contribution in [1.82, 2.24) is 15.1 Å². The minimum absolute atomic E-state index is 0.0520. The predicted octanol–water partition coefficient (Wildman–Crippen LogP) is 1.56. The van der Waals surface area contributed by atoms with Crippen LogP contribution in [0.15, 0.2) is 24.3 Å². The van der Waals surface area contributed by atoms with Gasteiger partial charge >= 0.3 is 0 Å². The number of nitrogens with zero attached hydrogens (tertiary/aromatic N) is 2. The molecule has 7 nitrogen and oxygen atoms in total. The second kappa shape index (κ2) is 7.70. The summed E-state index contributed by atoms with van der Waals surface area (Å²) in [6, 6.07) is 7.38. The minimum atomic E-state index is -0.430. The Morgan fingerprint density at radius 2 is 2.04 bits per heavy atom. The molecule has 3 N–H and O–H groups in total. The highest BCUT2D eigenvalue weighted by Gasteiger charge is 2.18. The van der Waals surface area contributed by atoms with Crippen molar-refractivity contribution in [3.8, 4) is 11.1 Å². The van der Waals surface area contributed by atoms with E-state index < -0.39 is 5.91 Å². The van der Waals surface area contributed by atoms with Gasteiger partial charge in [-0.1, -0.05) is 12.1 Å². The van der Waals surface area contributed by atoms with Gasteiger partial charge in [0.15, 0.2) is 0 Å². The number of nitrogens with two attached hydrogens (primary N) is 1. The fourth-order valence-electron chi connectivity index (χ4n) is 3.32. The van der Waals surface area contributed by atoms with Crippen molar-refractivity contribution < 1.29 is 14.3 Å². The number of benzene rings is 1. The Morgan fingerprint density at radius 1 is 1.31 bits per heavy atom. The van der Waals surface area contributed by atoms with Crippen molar-refractivity contribution in [3.63, 3.8) is 0 Å². The molecule has 1 atom stereocenters. The summed E-state index contributed by atoms with van der Waals surface area (Å²) in [4.78, 5) is 23.4. The standard InChI is InChI=1S/C19H24N4O3/c1-12-18(13(2)23(22-12)11-17(20)24)14-5-7-15(8-6-14)19(25)21-10-16-4-3-9-26-16/h5-8,16H,3-4,9-11H2,1-2H3,(H2,20,24)(H,21,25). The molecule has 7 heteroatoms. The topological polar surface area (TPSA) is 99.2 Å². The van der Waals surface area contributed by atoms with Gasteiger partial charge in [0.25, 0.3) is 5.91 Å². The lowest BCUT2D eigenvalue weighted by molar-refractivity contribution is -0.118. The molecule has 0 saturated carbocycles. The molecule has 1 aliphatic rings. The molecule has 1 aromatic carbocycles. The number of nitrogens with one attached hydrogen (secondary N) is 1. The first-order valence-electron chi connectivity index (χ1n) is 8.78. The fraction of sp³-hybridized carbons (Fsp3) is 0.421.